The van der Waals surface area contributed by atoms with E-state index in [0.717, 1.165) is 6.54 Å². The smallest absolute Gasteiger partial charge is 0.142 e. The van der Waals surface area contributed by atoms with Crippen LogP contribution in [0.2, 0.25) is 5.02 Å². The number of hydrogen-bond acceptors (Lipinski definition) is 2. The molecule has 1 fully saturated rings. The molecule has 106 valence electrons. The van der Waals surface area contributed by atoms with Gasteiger partial charge in [0.2, 0.25) is 0 Å². The van der Waals surface area contributed by atoms with Gasteiger partial charge in [0.1, 0.15) is 11.5 Å². The molecule has 1 aliphatic rings. The largest absolute Gasteiger partial charge is 0.379 e. The van der Waals surface area contributed by atoms with Gasteiger partial charge in [0, 0.05) is 19.0 Å². The van der Waals surface area contributed by atoms with Gasteiger partial charge in [0.15, 0.2) is 0 Å². The Hall–Kier alpha value is -0.710. The molecule has 1 heterocycles. The zero-order valence-electron chi connectivity index (χ0n) is 10.9. The Morgan fingerprint density at radius 2 is 2.32 bits per heavy atom. The maximum atomic E-state index is 14.5. The van der Waals surface area contributed by atoms with Gasteiger partial charge in [-0.15, -0.1) is 0 Å². The molecule has 1 aromatic rings. The molecule has 1 aromatic carbocycles. The van der Waals surface area contributed by atoms with Crippen LogP contribution in [0.3, 0.4) is 0 Å². The summed E-state index contributed by atoms with van der Waals surface area (Å²) in [5.74, 6) is -0.505. The third kappa shape index (κ3) is 4.41. The minimum atomic E-state index is -1.40. The molecule has 0 aromatic heterocycles. The van der Waals surface area contributed by atoms with Crippen LogP contribution in [0.1, 0.15) is 18.9 Å². The fraction of sp³-hybridized carbons (Fsp3) is 0.571. The Kier molecular flexibility index (Phi) is 4.76. The summed E-state index contributed by atoms with van der Waals surface area (Å²) in [6.07, 6.45) is 0.510. The van der Waals surface area contributed by atoms with Crippen molar-refractivity contribution in [2.75, 3.05) is 19.8 Å². The van der Waals surface area contributed by atoms with Gasteiger partial charge in [-0.05, 0) is 31.0 Å². The molecule has 2 rings (SSSR count). The van der Waals surface area contributed by atoms with Crippen molar-refractivity contribution in [3.8, 4) is 0 Å². The second kappa shape index (κ2) is 6.16. The molecule has 2 unspecified atom stereocenters. The summed E-state index contributed by atoms with van der Waals surface area (Å²) in [5, 5.41) is 3.28. The summed E-state index contributed by atoms with van der Waals surface area (Å²) < 4.78 is 33.2. The number of nitrogens with one attached hydrogen (secondary N) is 1. The molecule has 0 bridgehead atoms. The van der Waals surface area contributed by atoms with Gasteiger partial charge in [-0.1, -0.05) is 17.7 Å². The lowest BCUT2D eigenvalue weighted by molar-refractivity contribution is 0.0483. The van der Waals surface area contributed by atoms with Gasteiger partial charge in [-0.3, -0.25) is 0 Å². The van der Waals surface area contributed by atoms with Crippen molar-refractivity contribution in [2.45, 2.75) is 31.5 Å². The van der Waals surface area contributed by atoms with E-state index in [9.17, 15) is 8.78 Å². The average Bonchev–Trinajstić information content (AvgIpc) is 2.34. The number of hydrogen-bond donors (Lipinski definition) is 1. The van der Waals surface area contributed by atoms with E-state index in [2.05, 4.69) is 5.32 Å². The molecule has 1 aliphatic heterocycles. The number of halogens is 3. The Bertz CT molecular complexity index is 433. The highest BCUT2D eigenvalue weighted by atomic mass is 35.5. The second-order valence-corrected chi connectivity index (χ2v) is 5.68. The second-order valence-electron chi connectivity index (χ2n) is 5.27. The fourth-order valence-electron chi connectivity index (χ4n) is 2.41. The summed E-state index contributed by atoms with van der Waals surface area (Å²) in [5.41, 5.74) is -0.790. The molecule has 5 heteroatoms. The number of benzene rings is 1. The maximum absolute atomic E-state index is 14.5. The first-order chi connectivity index (χ1) is 8.96. The van der Waals surface area contributed by atoms with Crippen molar-refractivity contribution in [1.82, 2.24) is 5.32 Å². The first-order valence-electron chi connectivity index (χ1n) is 6.40. The van der Waals surface area contributed by atoms with Crippen molar-refractivity contribution in [3.63, 3.8) is 0 Å². The van der Waals surface area contributed by atoms with Gasteiger partial charge in [0.25, 0.3) is 0 Å². The van der Waals surface area contributed by atoms with Gasteiger partial charge in [0.05, 0.1) is 18.2 Å². The van der Waals surface area contributed by atoms with Crippen molar-refractivity contribution in [1.29, 1.82) is 0 Å². The standard InChI is InChI=1S/C14H18ClF2NO/c1-14(17,8-11-9-19-5-4-18-11)7-10-2-3-12(15)13(16)6-10/h2-3,6,11,18H,4-5,7-9H2,1H3. The van der Waals surface area contributed by atoms with E-state index in [4.69, 9.17) is 16.3 Å². The SMILES string of the molecule is CC(F)(Cc1ccc(Cl)c(F)c1)CC1COCCN1. The van der Waals surface area contributed by atoms with E-state index < -0.39 is 11.5 Å². The van der Waals surface area contributed by atoms with Gasteiger partial charge < -0.3 is 10.1 Å². The molecule has 0 amide bonds. The molecule has 0 spiro atoms. The lowest BCUT2D eigenvalue weighted by Crippen LogP contribution is -2.45. The van der Waals surface area contributed by atoms with Crippen LogP contribution < -0.4 is 5.32 Å². The van der Waals surface area contributed by atoms with Gasteiger partial charge >= 0.3 is 0 Å². The predicted octanol–water partition coefficient (Wildman–Crippen LogP) is 3.13. The van der Waals surface area contributed by atoms with Crippen molar-refractivity contribution in [2.24, 2.45) is 0 Å². The predicted molar refractivity (Wildman–Crippen MR) is 71.9 cm³/mol. The zero-order chi connectivity index (χ0) is 13.9. The molecule has 1 N–H and O–H groups in total. The van der Waals surface area contributed by atoms with E-state index in [1.54, 1.807) is 6.07 Å². The number of ether oxygens (including phenoxy) is 1. The number of rotatable bonds is 4. The highest BCUT2D eigenvalue weighted by molar-refractivity contribution is 6.30. The summed E-state index contributed by atoms with van der Waals surface area (Å²) in [6.45, 7) is 3.47. The minimum absolute atomic E-state index is 0.0147. The van der Waals surface area contributed by atoms with E-state index in [1.165, 1.54) is 19.1 Å². The normalized spacial score (nSPS) is 23.1. The molecule has 0 saturated carbocycles. The summed E-state index contributed by atoms with van der Waals surface area (Å²) in [7, 11) is 0. The monoisotopic (exact) mass is 289 g/mol. The van der Waals surface area contributed by atoms with Crippen LogP contribution in [0.4, 0.5) is 8.78 Å². The van der Waals surface area contributed by atoms with Crippen LogP contribution in [0, 0.1) is 5.82 Å². The zero-order valence-corrected chi connectivity index (χ0v) is 11.6. The molecule has 19 heavy (non-hydrogen) atoms. The Balaban J connectivity index is 1.96. The van der Waals surface area contributed by atoms with Crippen LogP contribution in [0.5, 0.6) is 0 Å². The van der Waals surface area contributed by atoms with Crippen LogP contribution in [-0.4, -0.2) is 31.5 Å². The molecule has 0 radical (unpaired) electrons. The quantitative estimate of drug-likeness (QED) is 0.919. The van der Waals surface area contributed by atoms with E-state index in [-0.39, 0.29) is 17.5 Å². The molecule has 2 atom stereocenters. The topological polar surface area (TPSA) is 21.3 Å². The lowest BCUT2D eigenvalue weighted by Gasteiger charge is -2.30. The van der Waals surface area contributed by atoms with Crippen LogP contribution >= 0.6 is 11.6 Å². The van der Waals surface area contributed by atoms with Crippen LogP contribution in [-0.2, 0) is 11.2 Å². The van der Waals surface area contributed by atoms with E-state index >= 15 is 0 Å². The third-order valence-corrected chi connectivity index (χ3v) is 3.53. The molecular weight excluding hydrogens is 272 g/mol. The van der Waals surface area contributed by atoms with Gasteiger partial charge in [-0.25, -0.2) is 8.78 Å². The number of alkyl halides is 1. The Morgan fingerprint density at radius 1 is 1.53 bits per heavy atom. The van der Waals surface area contributed by atoms with E-state index in [0.29, 0.717) is 25.2 Å². The average molecular weight is 290 g/mol. The van der Waals surface area contributed by atoms with Crippen LogP contribution in [0.25, 0.3) is 0 Å². The third-order valence-electron chi connectivity index (χ3n) is 3.23. The van der Waals surface area contributed by atoms with Crippen molar-refractivity contribution < 1.29 is 13.5 Å². The van der Waals surface area contributed by atoms with Gasteiger partial charge in [-0.2, -0.15) is 0 Å². The first kappa shape index (κ1) is 14.7. The van der Waals surface area contributed by atoms with E-state index in [1.807, 2.05) is 0 Å². The number of morpholine rings is 1. The fourth-order valence-corrected chi connectivity index (χ4v) is 2.53. The van der Waals surface area contributed by atoms with Crippen LogP contribution in [0.15, 0.2) is 18.2 Å². The Morgan fingerprint density at radius 3 is 2.95 bits per heavy atom. The van der Waals surface area contributed by atoms with Crippen molar-refractivity contribution in [3.05, 3.63) is 34.6 Å². The molecule has 2 nitrogen and oxygen atoms in total. The molecule has 1 saturated heterocycles. The summed E-state index contributed by atoms with van der Waals surface area (Å²) in [4.78, 5) is 0. The Labute approximate surface area is 117 Å². The highest BCUT2D eigenvalue weighted by Gasteiger charge is 2.29. The minimum Gasteiger partial charge on any atom is -0.379 e. The highest BCUT2D eigenvalue weighted by Crippen LogP contribution is 2.26. The first-order valence-corrected chi connectivity index (χ1v) is 6.78. The lowest BCUT2D eigenvalue weighted by atomic mass is 9.91. The van der Waals surface area contributed by atoms with Crippen molar-refractivity contribution >= 4 is 11.6 Å². The molecule has 0 aliphatic carbocycles. The molecular formula is C14H18ClF2NO. The summed E-state index contributed by atoms with van der Waals surface area (Å²) in [6, 6.07) is 4.43. The maximum Gasteiger partial charge on any atom is 0.142 e. The summed E-state index contributed by atoms with van der Waals surface area (Å²) >= 11 is 5.61.